The zero-order valence-corrected chi connectivity index (χ0v) is 17.7. The summed E-state index contributed by atoms with van der Waals surface area (Å²) in [6.07, 6.45) is 4.09. The Kier molecular flexibility index (Phi) is 8.54. The second-order valence-electron chi connectivity index (χ2n) is 6.67. The molecule has 0 aliphatic carbocycles. The van der Waals surface area contributed by atoms with Crippen LogP contribution in [0.4, 0.5) is 0 Å². The van der Waals surface area contributed by atoms with Crippen LogP contribution in [-0.4, -0.2) is 30.3 Å². The molecule has 0 bridgehead atoms. The lowest BCUT2D eigenvalue weighted by Crippen LogP contribution is -2.46. The van der Waals surface area contributed by atoms with Crippen molar-refractivity contribution in [3.8, 4) is 0 Å². The molecule has 0 fully saturated rings. The number of hydrazone groups is 1. The molecule has 2 aromatic rings. The average Bonchev–Trinajstić information content (AvgIpc) is 2.68. The summed E-state index contributed by atoms with van der Waals surface area (Å²) in [6, 6.07) is 13.7. The van der Waals surface area contributed by atoms with Gasteiger partial charge in [0.05, 0.1) is 6.21 Å². The van der Waals surface area contributed by atoms with E-state index in [1.165, 1.54) is 0 Å². The standard InChI is InChI=1S/C21H24ClN3O2S/c1-14(2)12-19(24-20(26)16-6-8-17(22)9-7-16)21(27)25-23-13-15-4-10-18(28-3)11-5-15/h4-11,13-14,19H,12H2,1-3H3,(H,24,26)(H,25,27)/b23-13+. The van der Waals surface area contributed by atoms with Gasteiger partial charge in [0.25, 0.3) is 11.8 Å². The van der Waals surface area contributed by atoms with Crippen molar-refractivity contribution in [2.75, 3.05) is 6.26 Å². The molecule has 2 amide bonds. The summed E-state index contributed by atoms with van der Waals surface area (Å²) in [4.78, 5) is 26.1. The van der Waals surface area contributed by atoms with Crippen LogP contribution in [0.5, 0.6) is 0 Å². The minimum atomic E-state index is -0.681. The van der Waals surface area contributed by atoms with Gasteiger partial charge in [-0.1, -0.05) is 37.6 Å². The topological polar surface area (TPSA) is 70.6 Å². The highest BCUT2D eigenvalue weighted by Gasteiger charge is 2.22. The molecule has 0 saturated carbocycles. The number of nitrogens with one attached hydrogen (secondary N) is 2. The zero-order valence-electron chi connectivity index (χ0n) is 16.1. The van der Waals surface area contributed by atoms with Crippen LogP contribution in [0.15, 0.2) is 58.5 Å². The van der Waals surface area contributed by atoms with Crippen LogP contribution < -0.4 is 10.7 Å². The number of benzene rings is 2. The SMILES string of the molecule is CSc1ccc(/C=N/NC(=O)C(CC(C)C)NC(=O)c2ccc(Cl)cc2)cc1. The van der Waals surface area contributed by atoms with E-state index in [1.54, 1.807) is 42.2 Å². The van der Waals surface area contributed by atoms with Crippen molar-refractivity contribution >= 4 is 41.4 Å². The van der Waals surface area contributed by atoms with E-state index in [9.17, 15) is 9.59 Å². The summed E-state index contributed by atoms with van der Waals surface area (Å²) in [5, 5.41) is 7.34. The Balaban J connectivity index is 2.00. The van der Waals surface area contributed by atoms with Gasteiger partial charge in [-0.3, -0.25) is 9.59 Å². The van der Waals surface area contributed by atoms with Crippen molar-refractivity contribution in [1.82, 2.24) is 10.7 Å². The van der Waals surface area contributed by atoms with Gasteiger partial charge in [-0.15, -0.1) is 11.8 Å². The molecule has 2 N–H and O–H groups in total. The van der Waals surface area contributed by atoms with Crippen LogP contribution in [0.25, 0.3) is 0 Å². The largest absolute Gasteiger partial charge is 0.340 e. The molecule has 7 heteroatoms. The highest BCUT2D eigenvalue weighted by atomic mass is 35.5. The van der Waals surface area contributed by atoms with Gasteiger partial charge < -0.3 is 5.32 Å². The van der Waals surface area contributed by atoms with Crippen LogP contribution in [0.2, 0.25) is 5.02 Å². The smallest absolute Gasteiger partial charge is 0.262 e. The molecule has 0 aliphatic rings. The van der Waals surface area contributed by atoms with Crippen molar-refractivity contribution in [2.45, 2.75) is 31.2 Å². The molecule has 28 heavy (non-hydrogen) atoms. The molecule has 0 heterocycles. The second kappa shape index (κ2) is 10.9. The molecule has 0 radical (unpaired) electrons. The van der Waals surface area contributed by atoms with Gasteiger partial charge >= 0.3 is 0 Å². The quantitative estimate of drug-likeness (QED) is 0.381. The summed E-state index contributed by atoms with van der Waals surface area (Å²) < 4.78 is 0. The van der Waals surface area contributed by atoms with E-state index in [0.717, 1.165) is 10.5 Å². The fraction of sp³-hybridized carbons (Fsp3) is 0.286. The van der Waals surface area contributed by atoms with E-state index in [0.29, 0.717) is 17.0 Å². The predicted octanol–water partition coefficient (Wildman–Crippen LogP) is 4.36. The molecule has 5 nitrogen and oxygen atoms in total. The molecule has 1 atom stereocenters. The van der Waals surface area contributed by atoms with E-state index < -0.39 is 6.04 Å². The molecule has 1 unspecified atom stereocenters. The van der Waals surface area contributed by atoms with Crippen LogP contribution >= 0.6 is 23.4 Å². The van der Waals surface area contributed by atoms with Crippen molar-refractivity contribution in [1.29, 1.82) is 0 Å². The van der Waals surface area contributed by atoms with Gasteiger partial charge in [0.1, 0.15) is 6.04 Å². The number of thioether (sulfide) groups is 1. The Bertz CT molecular complexity index is 821. The van der Waals surface area contributed by atoms with Crippen LogP contribution in [0, 0.1) is 5.92 Å². The summed E-state index contributed by atoms with van der Waals surface area (Å²) in [7, 11) is 0. The summed E-state index contributed by atoms with van der Waals surface area (Å²) >= 11 is 7.51. The minimum Gasteiger partial charge on any atom is -0.340 e. The highest BCUT2D eigenvalue weighted by Crippen LogP contribution is 2.14. The minimum absolute atomic E-state index is 0.226. The Hall–Kier alpha value is -2.31. The van der Waals surface area contributed by atoms with Gasteiger partial charge in [-0.05, 0) is 60.6 Å². The van der Waals surface area contributed by atoms with E-state index in [-0.39, 0.29) is 17.7 Å². The molecule has 0 aromatic heterocycles. The van der Waals surface area contributed by atoms with Gasteiger partial charge in [-0.25, -0.2) is 5.43 Å². The maximum Gasteiger partial charge on any atom is 0.262 e. The van der Waals surface area contributed by atoms with E-state index in [1.807, 2.05) is 44.4 Å². The van der Waals surface area contributed by atoms with Gasteiger partial charge in [0.2, 0.25) is 0 Å². The average molecular weight is 418 g/mol. The maximum absolute atomic E-state index is 12.5. The second-order valence-corrected chi connectivity index (χ2v) is 7.99. The normalized spacial score (nSPS) is 12.2. The van der Waals surface area contributed by atoms with E-state index in [2.05, 4.69) is 15.8 Å². The van der Waals surface area contributed by atoms with Crippen LogP contribution in [0.3, 0.4) is 0 Å². The lowest BCUT2D eigenvalue weighted by molar-refractivity contribution is -0.123. The molecule has 0 aliphatic heterocycles. The number of amides is 2. The molecule has 2 rings (SSSR count). The highest BCUT2D eigenvalue weighted by molar-refractivity contribution is 7.98. The molecule has 0 spiro atoms. The van der Waals surface area contributed by atoms with Crippen LogP contribution in [0.1, 0.15) is 36.2 Å². The summed E-state index contributed by atoms with van der Waals surface area (Å²) in [5.41, 5.74) is 3.85. The van der Waals surface area contributed by atoms with E-state index in [4.69, 9.17) is 11.6 Å². The van der Waals surface area contributed by atoms with Crippen molar-refractivity contribution in [3.63, 3.8) is 0 Å². The molecule has 148 valence electrons. The molecular weight excluding hydrogens is 394 g/mol. The van der Waals surface area contributed by atoms with Crippen molar-refractivity contribution < 1.29 is 9.59 Å². The summed E-state index contributed by atoms with van der Waals surface area (Å²) in [5.74, 6) is -0.452. The van der Waals surface area contributed by atoms with Crippen molar-refractivity contribution in [2.24, 2.45) is 11.0 Å². The third-order valence-electron chi connectivity index (χ3n) is 3.94. The Morgan fingerprint density at radius 3 is 2.32 bits per heavy atom. The first-order valence-corrected chi connectivity index (χ1v) is 10.5. The first kappa shape index (κ1) is 22.0. The number of carbonyl (C=O) groups is 2. The first-order chi connectivity index (χ1) is 13.4. The number of hydrogen-bond acceptors (Lipinski definition) is 4. The number of carbonyl (C=O) groups excluding carboxylic acids is 2. The fourth-order valence-corrected chi connectivity index (χ4v) is 3.02. The van der Waals surface area contributed by atoms with Crippen molar-refractivity contribution in [3.05, 3.63) is 64.7 Å². The maximum atomic E-state index is 12.5. The molecule has 2 aromatic carbocycles. The zero-order chi connectivity index (χ0) is 20.5. The van der Waals surface area contributed by atoms with E-state index >= 15 is 0 Å². The number of nitrogens with zero attached hydrogens (tertiary/aromatic N) is 1. The third-order valence-corrected chi connectivity index (χ3v) is 4.94. The van der Waals surface area contributed by atoms with Crippen LogP contribution in [-0.2, 0) is 4.79 Å². The third kappa shape index (κ3) is 7.02. The number of rotatable bonds is 8. The lowest BCUT2D eigenvalue weighted by atomic mass is 10.0. The molecule has 0 saturated heterocycles. The number of halogens is 1. The monoisotopic (exact) mass is 417 g/mol. The van der Waals surface area contributed by atoms with Gasteiger partial charge in [0, 0.05) is 15.5 Å². The first-order valence-electron chi connectivity index (χ1n) is 8.92. The van der Waals surface area contributed by atoms with Gasteiger partial charge in [0.15, 0.2) is 0 Å². The lowest BCUT2D eigenvalue weighted by Gasteiger charge is -2.19. The number of hydrogen-bond donors (Lipinski definition) is 2. The Morgan fingerprint density at radius 2 is 1.75 bits per heavy atom. The Morgan fingerprint density at radius 1 is 1.11 bits per heavy atom. The summed E-state index contributed by atoms with van der Waals surface area (Å²) in [6.45, 7) is 3.98. The predicted molar refractivity (Wildman–Crippen MR) is 116 cm³/mol. The molecular formula is C21H24ClN3O2S. The Labute approximate surface area is 174 Å². The fourth-order valence-electron chi connectivity index (χ4n) is 2.48. The van der Waals surface area contributed by atoms with Gasteiger partial charge in [-0.2, -0.15) is 5.10 Å².